The first-order chi connectivity index (χ1) is 18.7. The first kappa shape index (κ1) is 27.6. The van der Waals surface area contributed by atoms with Gasteiger partial charge >= 0.3 is 12.1 Å². The number of ether oxygens (including phenoxy) is 2. The molecule has 2 unspecified atom stereocenters. The number of benzene rings is 1. The molecule has 3 aliphatic rings. The van der Waals surface area contributed by atoms with Crippen LogP contribution >= 0.6 is 0 Å². The van der Waals surface area contributed by atoms with Crippen LogP contribution in [0, 0.1) is 0 Å². The standard InChI is InChI=1S/C30H44N6O3/c1-30(2,3)39-29(37)36-23-12-13-24(36)20-35(19-23)27-25-14-16-34(18-22-10-7-6-8-11-22)21-26(25)31-28(32-27)38-17-9-15-33(4)5/h6-8,10-11,23-24H,9,12-21H2,1-5H3. The quantitative estimate of drug-likeness (QED) is 0.470. The van der Waals surface area contributed by atoms with Crippen molar-refractivity contribution in [1.82, 2.24) is 24.7 Å². The minimum Gasteiger partial charge on any atom is -0.463 e. The summed E-state index contributed by atoms with van der Waals surface area (Å²) in [4.78, 5) is 31.9. The Balaban J connectivity index is 1.36. The van der Waals surface area contributed by atoms with Gasteiger partial charge in [0.25, 0.3) is 0 Å². The molecule has 39 heavy (non-hydrogen) atoms. The Morgan fingerprint density at radius 1 is 1.08 bits per heavy atom. The van der Waals surface area contributed by atoms with Crippen LogP contribution in [-0.4, -0.2) is 95.3 Å². The number of hydrogen-bond donors (Lipinski definition) is 0. The van der Waals surface area contributed by atoms with Crippen molar-refractivity contribution in [3.05, 3.63) is 47.2 Å². The molecule has 9 nitrogen and oxygen atoms in total. The summed E-state index contributed by atoms with van der Waals surface area (Å²) in [7, 11) is 4.14. The second-order valence-electron chi connectivity index (χ2n) is 12.4. The van der Waals surface area contributed by atoms with Crippen molar-refractivity contribution in [1.29, 1.82) is 0 Å². The Hall–Kier alpha value is -2.91. The van der Waals surface area contributed by atoms with Crippen LogP contribution in [0.1, 0.15) is 56.9 Å². The van der Waals surface area contributed by atoms with Crippen molar-refractivity contribution < 1.29 is 14.3 Å². The van der Waals surface area contributed by atoms with Gasteiger partial charge in [-0.05, 0) is 66.1 Å². The Labute approximate surface area is 233 Å². The molecule has 0 radical (unpaired) electrons. The van der Waals surface area contributed by atoms with Crippen molar-refractivity contribution in [2.45, 2.75) is 77.2 Å². The number of carbonyl (C=O) groups excluding carboxylic acids is 1. The number of hydrogen-bond acceptors (Lipinski definition) is 8. The van der Waals surface area contributed by atoms with Gasteiger partial charge < -0.3 is 19.3 Å². The lowest BCUT2D eigenvalue weighted by Crippen LogP contribution is -2.57. The largest absolute Gasteiger partial charge is 0.463 e. The number of nitrogens with zero attached hydrogens (tertiary/aromatic N) is 6. The van der Waals surface area contributed by atoms with Crippen LogP contribution in [0.25, 0.3) is 0 Å². The van der Waals surface area contributed by atoms with E-state index in [2.05, 4.69) is 59.1 Å². The third kappa shape index (κ3) is 6.81. The highest BCUT2D eigenvalue weighted by molar-refractivity contribution is 5.70. The van der Waals surface area contributed by atoms with E-state index in [1.807, 2.05) is 25.7 Å². The lowest BCUT2D eigenvalue weighted by Gasteiger charge is -2.42. The van der Waals surface area contributed by atoms with Crippen LogP contribution in [0.15, 0.2) is 30.3 Å². The molecule has 1 aromatic carbocycles. The summed E-state index contributed by atoms with van der Waals surface area (Å²) in [5, 5.41) is 0. The van der Waals surface area contributed by atoms with Crippen molar-refractivity contribution in [2.24, 2.45) is 0 Å². The average molecular weight is 537 g/mol. The van der Waals surface area contributed by atoms with Crippen LogP contribution in [0.3, 0.4) is 0 Å². The van der Waals surface area contributed by atoms with E-state index in [0.29, 0.717) is 12.6 Å². The molecule has 212 valence electrons. The third-order valence-electron chi connectivity index (χ3n) is 7.72. The Bertz CT molecular complexity index is 1120. The number of anilines is 1. The lowest BCUT2D eigenvalue weighted by molar-refractivity contribution is 0.0122. The summed E-state index contributed by atoms with van der Waals surface area (Å²) in [6.45, 7) is 11.5. The molecule has 2 bridgehead atoms. The van der Waals surface area contributed by atoms with E-state index < -0.39 is 5.60 Å². The molecule has 0 N–H and O–H groups in total. The van der Waals surface area contributed by atoms with Gasteiger partial charge in [-0.15, -0.1) is 0 Å². The molecule has 1 amide bonds. The van der Waals surface area contributed by atoms with Gasteiger partial charge in [0.15, 0.2) is 0 Å². The third-order valence-corrected chi connectivity index (χ3v) is 7.72. The van der Waals surface area contributed by atoms with Gasteiger partial charge in [0.05, 0.1) is 24.4 Å². The number of piperazine rings is 1. The van der Waals surface area contributed by atoms with Crippen LogP contribution in [0.2, 0.25) is 0 Å². The number of aromatic nitrogens is 2. The highest BCUT2D eigenvalue weighted by atomic mass is 16.6. The predicted molar refractivity (Wildman–Crippen MR) is 152 cm³/mol. The van der Waals surface area contributed by atoms with Gasteiger partial charge in [-0.2, -0.15) is 9.97 Å². The molecule has 2 atom stereocenters. The molecular formula is C30H44N6O3. The topological polar surface area (TPSA) is 74.3 Å². The van der Waals surface area contributed by atoms with E-state index in [1.54, 1.807) is 0 Å². The molecule has 0 saturated carbocycles. The van der Waals surface area contributed by atoms with E-state index in [-0.39, 0.29) is 18.2 Å². The molecule has 2 fully saturated rings. The molecule has 2 aromatic rings. The molecular weight excluding hydrogens is 492 g/mol. The zero-order valence-electron chi connectivity index (χ0n) is 24.2. The number of carbonyl (C=O) groups is 1. The van der Waals surface area contributed by atoms with E-state index >= 15 is 0 Å². The Morgan fingerprint density at radius 3 is 2.46 bits per heavy atom. The Morgan fingerprint density at radius 2 is 1.79 bits per heavy atom. The molecule has 4 heterocycles. The van der Waals surface area contributed by atoms with Crippen molar-refractivity contribution in [3.63, 3.8) is 0 Å². The minimum atomic E-state index is -0.496. The minimum absolute atomic E-state index is 0.131. The maximum atomic E-state index is 13.0. The van der Waals surface area contributed by atoms with Crippen molar-refractivity contribution >= 4 is 11.9 Å². The van der Waals surface area contributed by atoms with Crippen LogP contribution in [0.5, 0.6) is 6.01 Å². The summed E-state index contributed by atoms with van der Waals surface area (Å²) < 4.78 is 11.9. The highest BCUT2D eigenvalue weighted by Crippen LogP contribution is 2.36. The second kappa shape index (κ2) is 11.7. The highest BCUT2D eigenvalue weighted by Gasteiger charge is 2.45. The van der Waals surface area contributed by atoms with Crippen LogP contribution in [0.4, 0.5) is 10.6 Å². The number of fused-ring (bicyclic) bond motifs is 3. The van der Waals surface area contributed by atoms with Crippen LogP contribution < -0.4 is 9.64 Å². The smallest absolute Gasteiger partial charge is 0.410 e. The maximum absolute atomic E-state index is 13.0. The van der Waals surface area contributed by atoms with Crippen LogP contribution in [-0.2, 0) is 24.2 Å². The summed E-state index contributed by atoms with van der Waals surface area (Å²) in [6.07, 6.45) is 3.61. The molecule has 0 spiro atoms. The summed E-state index contributed by atoms with van der Waals surface area (Å²) in [5.41, 5.74) is 3.10. The molecule has 2 saturated heterocycles. The monoisotopic (exact) mass is 536 g/mol. The van der Waals surface area contributed by atoms with Gasteiger partial charge in [-0.3, -0.25) is 9.80 Å². The van der Waals surface area contributed by atoms with Crippen molar-refractivity contribution in [3.8, 4) is 6.01 Å². The summed E-state index contributed by atoms with van der Waals surface area (Å²) in [5.74, 6) is 0.989. The first-order valence-corrected chi connectivity index (χ1v) is 14.4. The molecule has 1 aromatic heterocycles. The first-order valence-electron chi connectivity index (χ1n) is 14.4. The average Bonchev–Trinajstić information content (AvgIpc) is 3.15. The SMILES string of the molecule is CN(C)CCCOc1nc2c(c(N3CC4CCC(C3)N4C(=O)OC(C)(C)C)n1)CCN(Cc1ccccc1)C2. The fourth-order valence-corrected chi connectivity index (χ4v) is 5.98. The van der Waals surface area contributed by atoms with Gasteiger partial charge in [0, 0.05) is 44.8 Å². The van der Waals surface area contributed by atoms with E-state index in [4.69, 9.17) is 19.4 Å². The van der Waals surface area contributed by atoms with Gasteiger partial charge in [-0.1, -0.05) is 30.3 Å². The van der Waals surface area contributed by atoms with E-state index in [0.717, 1.165) is 76.5 Å². The zero-order chi connectivity index (χ0) is 27.6. The second-order valence-corrected chi connectivity index (χ2v) is 12.4. The van der Waals surface area contributed by atoms with Gasteiger partial charge in [0.2, 0.25) is 0 Å². The van der Waals surface area contributed by atoms with Gasteiger partial charge in [0.1, 0.15) is 11.4 Å². The fourth-order valence-electron chi connectivity index (χ4n) is 5.98. The van der Waals surface area contributed by atoms with E-state index in [1.165, 1.54) is 11.1 Å². The zero-order valence-corrected chi connectivity index (χ0v) is 24.2. The maximum Gasteiger partial charge on any atom is 0.410 e. The lowest BCUT2D eigenvalue weighted by atomic mass is 10.0. The summed E-state index contributed by atoms with van der Waals surface area (Å²) in [6, 6.07) is 11.3. The number of rotatable bonds is 8. The summed E-state index contributed by atoms with van der Waals surface area (Å²) >= 11 is 0. The normalized spacial score (nSPS) is 21.3. The molecule has 3 aliphatic heterocycles. The Kier molecular flexibility index (Phi) is 8.28. The van der Waals surface area contributed by atoms with Crippen molar-refractivity contribution in [2.75, 3.05) is 51.8 Å². The molecule has 5 rings (SSSR count). The predicted octanol–water partition coefficient (Wildman–Crippen LogP) is 3.95. The van der Waals surface area contributed by atoms with Gasteiger partial charge in [-0.25, -0.2) is 4.79 Å². The van der Waals surface area contributed by atoms with E-state index in [9.17, 15) is 4.79 Å². The fraction of sp³-hybridized carbons (Fsp3) is 0.633. The molecule has 9 heteroatoms. The number of amides is 1. The molecule has 0 aliphatic carbocycles.